The van der Waals surface area contributed by atoms with E-state index in [1.807, 2.05) is 0 Å². The highest BCUT2D eigenvalue weighted by atomic mass is 14.3. The molecular weight excluding hydrogens is 360 g/mol. The largest absolute Gasteiger partial charge is 0.0616 e. The summed E-state index contributed by atoms with van der Waals surface area (Å²) in [6, 6.07) is 33.8. The fraction of sp³-hybridized carbons (Fsp3) is 0.100. The van der Waals surface area contributed by atoms with Crippen molar-refractivity contribution in [2.75, 3.05) is 0 Å². The van der Waals surface area contributed by atoms with Crippen molar-refractivity contribution in [2.24, 2.45) is 0 Å². The molecule has 6 aromatic rings. The van der Waals surface area contributed by atoms with Crippen molar-refractivity contribution in [2.45, 2.75) is 18.8 Å². The van der Waals surface area contributed by atoms with E-state index >= 15 is 0 Å². The Hall–Kier alpha value is -3.38. The summed E-state index contributed by atoms with van der Waals surface area (Å²) < 4.78 is 0. The summed E-state index contributed by atoms with van der Waals surface area (Å²) in [6.45, 7) is 0. The maximum absolute atomic E-state index is 3.88. The maximum atomic E-state index is 3.88. The van der Waals surface area contributed by atoms with Gasteiger partial charge in [0.1, 0.15) is 0 Å². The molecule has 1 aliphatic carbocycles. The maximum Gasteiger partial charge on any atom is 0.0248 e. The number of fused-ring (bicyclic) bond motifs is 2. The fourth-order valence-corrected chi connectivity index (χ4v) is 5.48. The molecule has 0 saturated carbocycles. The number of rotatable bonds is 1. The van der Waals surface area contributed by atoms with Crippen molar-refractivity contribution < 1.29 is 0 Å². The molecule has 0 fully saturated rings. The van der Waals surface area contributed by atoms with Crippen molar-refractivity contribution in [3.63, 3.8) is 0 Å². The number of hydrogen-bond donors (Lipinski definition) is 0. The van der Waals surface area contributed by atoms with E-state index in [0.29, 0.717) is 5.92 Å². The van der Waals surface area contributed by atoms with Crippen LogP contribution in [-0.4, -0.2) is 0 Å². The van der Waals surface area contributed by atoms with Crippen LogP contribution in [0.15, 0.2) is 91.0 Å². The lowest BCUT2D eigenvalue weighted by atomic mass is 9.77. The predicted octanol–water partition coefficient (Wildman–Crippen LogP) is 7.90. The van der Waals surface area contributed by atoms with E-state index in [-0.39, 0.29) is 0 Å². The molecule has 0 bridgehead atoms. The standard InChI is InChI=1S/C30H20/c1-2-5-23-17-26-18-25(11-10-24(26)16-22(23)4-1)27-14-12-21-9-8-19-6-3-7-20-13-15-28(27)30(21)29(19)20/h1-9,12-17,25H,10-11H2. The minimum Gasteiger partial charge on any atom is -0.0616 e. The molecule has 0 heterocycles. The first kappa shape index (κ1) is 16.4. The third-order valence-electron chi connectivity index (χ3n) is 6.94. The Morgan fingerprint density at radius 3 is 2.10 bits per heavy atom. The Morgan fingerprint density at radius 1 is 0.600 bits per heavy atom. The zero-order valence-corrected chi connectivity index (χ0v) is 16.7. The molecule has 6 aromatic carbocycles. The summed E-state index contributed by atoms with van der Waals surface area (Å²) >= 11 is 0. The summed E-state index contributed by atoms with van der Waals surface area (Å²) in [5.41, 5.74) is 4.14. The van der Waals surface area contributed by atoms with Crippen LogP contribution >= 0.6 is 0 Å². The molecule has 2 radical (unpaired) electrons. The molecule has 1 atom stereocenters. The number of hydrogen-bond acceptors (Lipinski definition) is 0. The average Bonchev–Trinajstić information content (AvgIpc) is 2.81. The van der Waals surface area contributed by atoms with E-state index in [4.69, 9.17) is 0 Å². The van der Waals surface area contributed by atoms with Crippen LogP contribution in [0.2, 0.25) is 0 Å². The van der Waals surface area contributed by atoms with Crippen molar-refractivity contribution in [3.05, 3.63) is 114 Å². The Balaban J connectivity index is 1.41. The van der Waals surface area contributed by atoms with E-state index in [9.17, 15) is 0 Å². The Labute approximate surface area is 176 Å². The summed E-state index contributed by atoms with van der Waals surface area (Å²) in [5, 5.41) is 10.8. The Morgan fingerprint density at radius 2 is 1.27 bits per heavy atom. The van der Waals surface area contributed by atoms with Crippen LogP contribution in [0.1, 0.15) is 29.0 Å². The van der Waals surface area contributed by atoms with E-state index in [2.05, 4.69) is 97.4 Å². The van der Waals surface area contributed by atoms with Crippen molar-refractivity contribution in [1.29, 1.82) is 0 Å². The molecule has 1 unspecified atom stereocenters. The lowest BCUT2D eigenvalue weighted by Crippen LogP contribution is -2.11. The molecular formula is C30H20. The summed E-state index contributed by atoms with van der Waals surface area (Å²) in [7, 11) is 0. The van der Waals surface area contributed by atoms with E-state index in [1.54, 1.807) is 0 Å². The van der Waals surface area contributed by atoms with Gasteiger partial charge in [0, 0.05) is 6.42 Å². The lowest BCUT2D eigenvalue weighted by Gasteiger charge is -2.26. The van der Waals surface area contributed by atoms with Gasteiger partial charge in [0.2, 0.25) is 0 Å². The molecule has 1 aliphatic rings. The van der Waals surface area contributed by atoms with Gasteiger partial charge in [-0.3, -0.25) is 0 Å². The van der Waals surface area contributed by atoms with E-state index in [0.717, 1.165) is 12.8 Å². The topological polar surface area (TPSA) is 0 Å². The monoisotopic (exact) mass is 380 g/mol. The third kappa shape index (κ3) is 2.28. The highest BCUT2D eigenvalue weighted by Crippen LogP contribution is 2.42. The molecule has 0 heteroatoms. The molecule has 0 aliphatic heterocycles. The molecule has 0 N–H and O–H groups in total. The molecule has 0 amide bonds. The lowest BCUT2D eigenvalue weighted by molar-refractivity contribution is 0.679. The zero-order valence-electron chi connectivity index (χ0n) is 16.7. The van der Waals surface area contributed by atoms with Gasteiger partial charge in [0.05, 0.1) is 0 Å². The van der Waals surface area contributed by atoms with Crippen LogP contribution < -0.4 is 0 Å². The van der Waals surface area contributed by atoms with Crippen LogP contribution in [0.5, 0.6) is 0 Å². The highest BCUT2D eigenvalue weighted by molar-refractivity contribution is 6.23. The van der Waals surface area contributed by atoms with Crippen molar-refractivity contribution in [3.8, 4) is 0 Å². The third-order valence-corrected chi connectivity index (χ3v) is 6.94. The molecule has 0 nitrogen and oxygen atoms in total. The highest BCUT2D eigenvalue weighted by Gasteiger charge is 2.24. The Kier molecular flexibility index (Phi) is 3.32. The van der Waals surface area contributed by atoms with E-state index in [1.165, 1.54) is 59.8 Å². The van der Waals surface area contributed by atoms with Crippen LogP contribution in [0.3, 0.4) is 0 Å². The molecule has 30 heavy (non-hydrogen) atoms. The van der Waals surface area contributed by atoms with Crippen molar-refractivity contribution >= 4 is 43.1 Å². The summed E-state index contributed by atoms with van der Waals surface area (Å²) in [6.07, 6.45) is 6.11. The fourth-order valence-electron chi connectivity index (χ4n) is 5.48. The van der Waals surface area contributed by atoms with Gasteiger partial charge in [0.25, 0.3) is 0 Å². The van der Waals surface area contributed by atoms with Gasteiger partial charge in [0.15, 0.2) is 0 Å². The minimum atomic E-state index is 0.336. The quantitative estimate of drug-likeness (QED) is 0.254. The van der Waals surface area contributed by atoms with Gasteiger partial charge in [-0.25, -0.2) is 0 Å². The first-order chi connectivity index (χ1) is 14.8. The molecule has 7 rings (SSSR count). The average molecular weight is 380 g/mol. The van der Waals surface area contributed by atoms with Crippen LogP contribution in [0, 0.1) is 6.42 Å². The van der Waals surface area contributed by atoms with Gasteiger partial charge in [-0.05, 0) is 78.5 Å². The van der Waals surface area contributed by atoms with Gasteiger partial charge >= 0.3 is 0 Å². The van der Waals surface area contributed by atoms with Crippen molar-refractivity contribution in [1.82, 2.24) is 0 Å². The Bertz CT molecular complexity index is 1550. The van der Waals surface area contributed by atoms with E-state index < -0.39 is 0 Å². The van der Waals surface area contributed by atoms with Gasteiger partial charge in [-0.1, -0.05) is 91.0 Å². The second-order valence-electron chi connectivity index (χ2n) is 8.60. The number of benzene rings is 6. The van der Waals surface area contributed by atoms with Crippen LogP contribution in [0.4, 0.5) is 0 Å². The smallest absolute Gasteiger partial charge is 0.0248 e. The van der Waals surface area contributed by atoms with Gasteiger partial charge in [-0.15, -0.1) is 0 Å². The summed E-state index contributed by atoms with van der Waals surface area (Å²) in [5.74, 6) is 0.336. The molecule has 0 aromatic heterocycles. The van der Waals surface area contributed by atoms with Crippen LogP contribution in [0.25, 0.3) is 43.1 Å². The summed E-state index contributed by atoms with van der Waals surface area (Å²) in [4.78, 5) is 0. The minimum absolute atomic E-state index is 0.336. The number of aryl methyl sites for hydroxylation is 1. The molecule has 140 valence electrons. The zero-order chi connectivity index (χ0) is 19.7. The first-order valence-electron chi connectivity index (χ1n) is 10.8. The molecule has 0 saturated heterocycles. The first-order valence-corrected chi connectivity index (χ1v) is 10.8. The van der Waals surface area contributed by atoms with Gasteiger partial charge in [-0.2, -0.15) is 0 Å². The second kappa shape index (κ2) is 6.06. The normalized spacial score (nSPS) is 16.6. The van der Waals surface area contributed by atoms with Gasteiger partial charge < -0.3 is 0 Å². The molecule has 0 spiro atoms. The second-order valence-corrected chi connectivity index (χ2v) is 8.60. The van der Waals surface area contributed by atoms with Crippen LogP contribution in [-0.2, 0) is 6.42 Å². The SMILES string of the molecule is [C]1c2cc3ccccc3cc2CCC1c1ccc2ccc3cccc4ccc1c2c34. The predicted molar refractivity (Wildman–Crippen MR) is 128 cm³/mol.